The van der Waals surface area contributed by atoms with Crippen LogP contribution in [0.25, 0.3) is 0 Å². The summed E-state index contributed by atoms with van der Waals surface area (Å²) < 4.78 is 22.8. The van der Waals surface area contributed by atoms with Gasteiger partial charge in [-0.1, -0.05) is 0 Å². The van der Waals surface area contributed by atoms with Crippen LogP contribution in [-0.2, 0) is 14.6 Å². The topological polar surface area (TPSA) is 95.5 Å². The Balaban J connectivity index is 2.80. The van der Waals surface area contributed by atoms with Gasteiger partial charge in [-0.25, -0.2) is 8.42 Å². The van der Waals surface area contributed by atoms with Crippen molar-refractivity contribution in [2.24, 2.45) is 0 Å². The Bertz CT molecular complexity index is 555. The molecule has 0 saturated carbocycles. The molecule has 106 valence electrons. The fourth-order valence-corrected chi connectivity index (χ4v) is 2.13. The Morgan fingerprint density at radius 3 is 2.63 bits per heavy atom. The maximum absolute atomic E-state index is 11.6. The summed E-state index contributed by atoms with van der Waals surface area (Å²) in [6.07, 6.45) is 2.02. The summed E-state index contributed by atoms with van der Waals surface area (Å²) in [6.45, 7) is 0.711. The van der Waals surface area contributed by atoms with E-state index in [9.17, 15) is 18.3 Å². The van der Waals surface area contributed by atoms with Crippen LogP contribution in [0.15, 0.2) is 23.1 Å². The number of hydrogen-bond acceptors (Lipinski definition) is 5. The Morgan fingerprint density at radius 2 is 2.05 bits per heavy atom. The molecule has 0 aromatic heterocycles. The van der Waals surface area contributed by atoms with Crippen molar-refractivity contribution >= 4 is 21.4 Å². The molecular formula is C12H18N2O4S. The lowest BCUT2D eigenvalue weighted by Crippen LogP contribution is -2.15. The molecule has 1 aromatic carbocycles. The average molecular weight is 286 g/mol. The Hall–Kier alpha value is -1.60. The molecule has 0 saturated heterocycles. The zero-order valence-electron chi connectivity index (χ0n) is 10.9. The average Bonchev–Trinajstić information content (AvgIpc) is 2.31. The van der Waals surface area contributed by atoms with Gasteiger partial charge < -0.3 is 15.7 Å². The first kappa shape index (κ1) is 15.5. The monoisotopic (exact) mass is 286 g/mol. The summed E-state index contributed by atoms with van der Waals surface area (Å²) in [4.78, 5) is 11.7. The van der Waals surface area contributed by atoms with Gasteiger partial charge >= 0.3 is 0 Å². The van der Waals surface area contributed by atoms with Gasteiger partial charge in [0.05, 0.1) is 10.6 Å². The van der Waals surface area contributed by atoms with E-state index in [4.69, 9.17) is 0 Å². The van der Waals surface area contributed by atoms with Gasteiger partial charge in [-0.15, -0.1) is 0 Å². The lowest BCUT2D eigenvalue weighted by Gasteiger charge is -2.09. The highest BCUT2D eigenvalue weighted by Crippen LogP contribution is 2.26. The molecule has 0 heterocycles. The van der Waals surface area contributed by atoms with E-state index < -0.39 is 9.84 Å². The molecular weight excluding hydrogens is 268 g/mol. The molecule has 0 aliphatic heterocycles. The SMILES string of the molecule is CNCCCC(=O)Nc1cc(S(C)(=O)=O)ccc1O. The molecule has 19 heavy (non-hydrogen) atoms. The van der Waals surface area contributed by atoms with E-state index in [0.717, 1.165) is 6.26 Å². The Labute approximate surface area is 112 Å². The van der Waals surface area contributed by atoms with E-state index >= 15 is 0 Å². The molecule has 1 amide bonds. The quantitative estimate of drug-likeness (QED) is 0.529. The number of phenolic OH excluding ortho intramolecular Hbond substituents is 1. The first-order valence-electron chi connectivity index (χ1n) is 5.82. The van der Waals surface area contributed by atoms with Crippen LogP contribution >= 0.6 is 0 Å². The number of phenols is 1. The van der Waals surface area contributed by atoms with Gasteiger partial charge in [0.15, 0.2) is 9.84 Å². The highest BCUT2D eigenvalue weighted by atomic mass is 32.2. The van der Waals surface area contributed by atoms with E-state index in [-0.39, 0.29) is 22.2 Å². The number of benzene rings is 1. The molecule has 0 radical (unpaired) electrons. The second-order valence-corrected chi connectivity index (χ2v) is 6.22. The maximum atomic E-state index is 11.6. The molecule has 6 nitrogen and oxygen atoms in total. The normalized spacial score (nSPS) is 11.3. The molecule has 0 aliphatic carbocycles. The molecule has 0 bridgehead atoms. The van der Waals surface area contributed by atoms with Crippen LogP contribution in [0.1, 0.15) is 12.8 Å². The van der Waals surface area contributed by atoms with E-state index in [2.05, 4.69) is 10.6 Å². The standard InChI is InChI=1S/C12H18N2O4S/c1-13-7-3-4-12(16)14-10-8-9(19(2,17)18)5-6-11(10)15/h5-6,8,13,15H,3-4,7H2,1-2H3,(H,14,16). The van der Waals surface area contributed by atoms with Crippen LogP contribution in [0.3, 0.4) is 0 Å². The van der Waals surface area contributed by atoms with Crippen LogP contribution < -0.4 is 10.6 Å². The third-order valence-corrected chi connectivity index (χ3v) is 3.61. The maximum Gasteiger partial charge on any atom is 0.224 e. The van der Waals surface area contributed by atoms with E-state index in [0.29, 0.717) is 19.4 Å². The first-order chi connectivity index (χ1) is 8.84. The fraction of sp³-hybridized carbons (Fsp3) is 0.417. The molecule has 1 aromatic rings. The van der Waals surface area contributed by atoms with Gasteiger partial charge in [0.25, 0.3) is 0 Å². The lowest BCUT2D eigenvalue weighted by atomic mass is 10.2. The number of anilines is 1. The van der Waals surface area contributed by atoms with Gasteiger partial charge in [0.2, 0.25) is 5.91 Å². The second-order valence-electron chi connectivity index (χ2n) is 4.21. The first-order valence-corrected chi connectivity index (χ1v) is 7.71. The number of rotatable bonds is 6. The molecule has 0 aliphatic rings. The molecule has 3 N–H and O–H groups in total. The molecule has 0 unspecified atom stereocenters. The van der Waals surface area contributed by atoms with Crippen molar-refractivity contribution in [2.45, 2.75) is 17.7 Å². The van der Waals surface area contributed by atoms with Gasteiger partial charge in [-0.05, 0) is 38.2 Å². The molecule has 0 atom stereocenters. The van der Waals surface area contributed by atoms with Crippen molar-refractivity contribution in [1.29, 1.82) is 0 Å². The van der Waals surface area contributed by atoms with Crippen molar-refractivity contribution in [3.63, 3.8) is 0 Å². The second kappa shape index (κ2) is 6.53. The Kier molecular flexibility index (Phi) is 5.31. The zero-order chi connectivity index (χ0) is 14.5. The summed E-state index contributed by atoms with van der Waals surface area (Å²) in [5.74, 6) is -0.425. The number of amides is 1. The summed E-state index contributed by atoms with van der Waals surface area (Å²) in [5, 5.41) is 15.0. The summed E-state index contributed by atoms with van der Waals surface area (Å²) in [5.41, 5.74) is 0.109. The molecule has 0 fully saturated rings. The van der Waals surface area contributed by atoms with Crippen LogP contribution in [0.2, 0.25) is 0 Å². The van der Waals surface area contributed by atoms with Crippen molar-refractivity contribution in [2.75, 3.05) is 25.2 Å². The Morgan fingerprint density at radius 1 is 1.37 bits per heavy atom. The molecule has 1 rings (SSSR count). The van der Waals surface area contributed by atoms with Crippen LogP contribution in [0, 0.1) is 0 Å². The van der Waals surface area contributed by atoms with E-state index in [1.54, 1.807) is 7.05 Å². The predicted octanol–water partition coefficient (Wildman–Crippen LogP) is 0.734. The number of hydrogen-bond donors (Lipinski definition) is 3. The van der Waals surface area contributed by atoms with Crippen molar-refractivity contribution < 1.29 is 18.3 Å². The zero-order valence-corrected chi connectivity index (χ0v) is 11.8. The van der Waals surface area contributed by atoms with Crippen molar-refractivity contribution in [3.8, 4) is 5.75 Å². The summed E-state index contributed by atoms with van der Waals surface area (Å²) in [6, 6.07) is 3.79. The number of carbonyl (C=O) groups is 1. The predicted molar refractivity (Wildman–Crippen MR) is 73.0 cm³/mol. The summed E-state index contributed by atoms with van der Waals surface area (Å²) in [7, 11) is -1.58. The smallest absolute Gasteiger partial charge is 0.224 e. The van der Waals surface area contributed by atoms with Crippen LogP contribution in [-0.4, -0.2) is 39.3 Å². The molecule has 7 heteroatoms. The number of nitrogens with one attached hydrogen (secondary N) is 2. The lowest BCUT2D eigenvalue weighted by molar-refractivity contribution is -0.116. The third kappa shape index (κ3) is 4.88. The van der Waals surface area contributed by atoms with E-state index in [1.807, 2.05) is 0 Å². The largest absolute Gasteiger partial charge is 0.506 e. The minimum absolute atomic E-state index is 0.0517. The van der Waals surface area contributed by atoms with Crippen LogP contribution in [0.4, 0.5) is 5.69 Å². The number of aromatic hydroxyl groups is 1. The van der Waals surface area contributed by atoms with Gasteiger partial charge in [0, 0.05) is 12.7 Å². The van der Waals surface area contributed by atoms with Gasteiger partial charge in [-0.2, -0.15) is 0 Å². The third-order valence-electron chi connectivity index (χ3n) is 2.50. The van der Waals surface area contributed by atoms with Crippen LogP contribution in [0.5, 0.6) is 5.75 Å². The summed E-state index contributed by atoms with van der Waals surface area (Å²) >= 11 is 0. The molecule has 0 spiro atoms. The highest BCUT2D eigenvalue weighted by Gasteiger charge is 2.12. The minimum atomic E-state index is -3.37. The van der Waals surface area contributed by atoms with Crippen molar-refractivity contribution in [1.82, 2.24) is 5.32 Å². The van der Waals surface area contributed by atoms with Crippen molar-refractivity contribution in [3.05, 3.63) is 18.2 Å². The minimum Gasteiger partial charge on any atom is -0.506 e. The number of carbonyl (C=O) groups excluding carboxylic acids is 1. The fourth-order valence-electron chi connectivity index (χ4n) is 1.48. The van der Waals surface area contributed by atoms with Gasteiger partial charge in [-0.3, -0.25) is 4.79 Å². The van der Waals surface area contributed by atoms with E-state index in [1.165, 1.54) is 18.2 Å². The highest BCUT2D eigenvalue weighted by molar-refractivity contribution is 7.90. The van der Waals surface area contributed by atoms with Gasteiger partial charge in [0.1, 0.15) is 5.75 Å². The number of sulfone groups is 1.